The van der Waals surface area contributed by atoms with Crippen LogP contribution in [0.3, 0.4) is 0 Å². The third-order valence-corrected chi connectivity index (χ3v) is 7.90. The van der Waals surface area contributed by atoms with Gasteiger partial charge in [0, 0.05) is 47.6 Å². The van der Waals surface area contributed by atoms with Crippen molar-refractivity contribution < 1.29 is 40.3 Å². The number of sulfonamides is 1. The number of methoxy groups -OCH3 is 1. The zero-order valence-corrected chi connectivity index (χ0v) is 27.6. The standard InChI is InChI=1S/C30H25ClF4N8O6S/c1-41-9-8-18(38-41)12-24(29(46)36-17-5-6-19(22(32)11-17)28(45)39-50(3,47)48)42-14-25(49-2)21(13-27(42)44)20-10-16(31)4-7-23(20)43-15-26(37-40-43)30(33,34)35/h4-11,13-15,24H,12H2,1-3H3,(H,36,46)(H,39,45)/t24-/m0/s1. The van der Waals surface area contributed by atoms with Gasteiger partial charge < -0.3 is 10.1 Å². The lowest BCUT2D eigenvalue weighted by atomic mass is 10.0. The number of nitrogens with zero attached hydrogens (tertiary/aromatic N) is 6. The van der Waals surface area contributed by atoms with Crippen molar-refractivity contribution in [3.8, 4) is 22.6 Å². The van der Waals surface area contributed by atoms with Crippen LogP contribution in [0, 0.1) is 5.82 Å². The first-order chi connectivity index (χ1) is 23.4. The Bertz CT molecular complexity index is 2290. The molecule has 1 atom stereocenters. The molecule has 5 rings (SSSR count). The van der Waals surface area contributed by atoms with Crippen LogP contribution in [-0.4, -0.2) is 62.9 Å². The van der Waals surface area contributed by atoms with E-state index >= 15 is 0 Å². The van der Waals surface area contributed by atoms with Gasteiger partial charge in [-0.3, -0.25) is 23.6 Å². The van der Waals surface area contributed by atoms with E-state index < -0.39 is 56.7 Å². The number of alkyl halides is 3. The van der Waals surface area contributed by atoms with Gasteiger partial charge in [0.25, 0.3) is 11.5 Å². The predicted octanol–water partition coefficient (Wildman–Crippen LogP) is 3.76. The minimum atomic E-state index is -4.77. The van der Waals surface area contributed by atoms with E-state index in [0.29, 0.717) is 11.9 Å². The number of carbonyl (C=O) groups excluding carboxylic acids is 2. The number of hydrogen-bond acceptors (Lipinski definition) is 9. The Labute approximate surface area is 285 Å². The van der Waals surface area contributed by atoms with Crippen molar-refractivity contribution >= 4 is 39.1 Å². The number of benzene rings is 2. The maximum atomic E-state index is 14.8. The summed E-state index contributed by atoms with van der Waals surface area (Å²) in [7, 11) is -1.07. The van der Waals surface area contributed by atoms with Crippen molar-refractivity contribution in [2.24, 2.45) is 7.05 Å². The first-order valence-electron chi connectivity index (χ1n) is 14.1. The molecule has 2 aromatic carbocycles. The largest absolute Gasteiger partial charge is 0.495 e. The van der Waals surface area contributed by atoms with Crippen molar-refractivity contribution in [2.45, 2.75) is 18.6 Å². The van der Waals surface area contributed by atoms with Crippen molar-refractivity contribution in [3.05, 3.63) is 105 Å². The van der Waals surface area contributed by atoms with Gasteiger partial charge in [-0.2, -0.15) is 18.3 Å². The Morgan fingerprint density at radius 1 is 1.06 bits per heavy atom. The van der Waals surface area contributed by atoms with Crippen LogP contribution >= 0.6 is 11.6 Å². The topological polar surface area (TPSA) is 172 Å². The van der Waals surface area contributed by atoms with Gasteiger partial charge in [-0.15, -0.1) is 5.10 Å². The number of aryl methyl sites for hydroxylation is 1. The van der Waals surface area contributed by atoms with Crippen LogP contribution in [-0.2, 0) is 34.5 Å². The molecule has 14 nitrogen and oxygen atoms in total. The lowest BCUT2D eigenvalue weighted by Crippen LogP contribution is -2.34. The van der Waals surface area contributed by atoms with E-state index in [1.807, 2.05) is 0 Å². The summed E-state index contributed by atoms with van der Waals surface area (Å²) in [6.45, 7) is 0. The minimum Gasteiger partial charge on any atom is -0.495 e. The number of anilines is 1. The normalized spacial score (nSPS) is 12.4. The molecule has 0 spiro atoms. The fraction of sp³-hybridized carbons (Fsp3) is 0.200. The average molecular weight is 737 g/mol. The number of aromatic nitrogens is 6. The summed E-state index contributed by atoms with van der Waals surface area (Å²) in [4.78, 5) is 39.7. The Kier molecular flexibility index (Phi) is 9.83. The molecular weight excluding hydrogens is 712 g/mol. The van der Waals surface area contributed by atoms with Gasteiger partial charge in [0.05, 0.1) is 42.7 Å². The SMILES string of the molecule is COc1cn([C@@H](Cc2ccn(C)n2)C(=O)Nc2ccc(C(=O)NS(C)(=O)=O)c(F)c2)c(=O)cc1-c1cc(Cl)ccc1-n1cc(C(F)(F)F)nn1. The van der Waals surface area contributed by atoms with Gasteiger partial charge in [0.2, 0.25) is 15.9 Å². The number of pyridine rings is 1. The van der Waals surface area contributed by atoms with Crippen LogP contribution in [0.4, 0.5) is 23.2 Å². The second-order valence-corrected chi connectivity index (χ2v) is 13.0. The van der Waals surface area contributed by atoms with E-state index in [-0.39, 0.29) is 39.7 Å². The van der Waals surface area contributed by atoms with Crippen molar-refractivity contribution in [1.82, 2.24) is 34.1 Å². The van der Waals surface area contributed by atoms with E-state index in [1.54, 1.807) is 24.0 Å². The number of ether oxygens (including phenoxy) is 1. The summed E-state index contributed by atoms with van der Waals surface area (Å²) < 4.78 is 88.1. The van der Waals surface area contributed by atoms with E-state index in [0.717, 1.165) is 39.8 Å². The van der Waals surface area contributed by atoms with E-state index in [1.165, 1.54) is 36.2 Å². The van der Waals surface area contributed by atoms with Gasteiger partial charge in [0.15, 0.2) is 5.69 Å². The maximum Gasteiger partial charge on any atom is 0.436 e. The quantitative estimate of drug-likeness (QED) is 0.203. The zero-order chi connectivity index (χ0) is 36.5. The highest BCUT2D eigenvalue weighted by molar-refractivity contribution is 7.89. The molecule has 5 aromatic rings. The summed E-state index contributed by atoms with van der Waals surface area (Å²) in [6, 6.07) is 8.48. The molecule has 20 heteroatoms. The summed E-state index contributed by atoms with van der Waals surface area (Å²) >= 11 is 6.24. The molecular formula is C30H25ClF4N8O6S. The van der Waals surface area contributed by atoms with Crippen LogP contribution in [0.15, 0.2) is 71.9 Å². The predicted molar refractivity (Wildman–Crippen MR) is 171 cm³/mol. The number of carbonyl (C=O) groups is 2. The second kappa shape index (κ2) is 13.7. The van der Waals surface area contributed by atoms with E-state index in [4.69, 9.17) is 16.3 Å². The highest BCUT2D eigenvalue weighted by atomic mass is 35.5. The second-order valence-electron chi connectivity index (χ2n) is 10.8. The van der Waals surface area contributed by atoms with Gasteiger partial charge in [0.1, 0.15) is 17.6 Å². The van der Waals surface area contributed by atoms with E-state index in [9.17, 15) is 40.4 Å². The number of halogens is 5. The minimum absolute atomic E-state index is 0.00961. The molecule has 0 bridgehead atoms. The van der Waals surface area contributed by atoms with Gasteiger partial charge >= 0.3 is 6.18 Å². The lowest BCUT2D eigenvalue weighted by Gasteiger charge is -2.21. The van der Waals surface area contributed by atoms with Crippen molar-refractivity contribution in [1.29, 1.82) is 0 Å². The molecule has 0 unspecified atom stereocenters. The molecule has 0 radical (unpaired) electrons. The van der Waals surface area contributed by atoms with Crippen molar-refractivity contribution in [3.63, 3.8) is 0 Å². The molecule has 0 aliphatic carbocycles. The highest BCUT2D eigenvalue weighted by Gasteiger charge is 2.35. The number of hydrogen-bond donors (Lipinski definition) is 2. The van der Waals surface area contributed by atoms with Crippen LogP contribution in [0.2, 0.25) is 5.02 Å². The molecule has 50 heavy (non-hydrogen) atoms. The fourth-order valence-corrected chi connectivity index (χ4v) is 5.51. The monoisotopic (exact) mass is 736 g/mol. The number of rotatable bonds is 10. The van der Waals surface area contributed by atoms with E-state index in [2.05, 4.69) is 20.7 Å². The fourth-order valence-electron chi connectivity index (χ4n) is 4.89. The summed E-state index contributed by atoms with van der Waals surface area (Å²) in [5.74, 6) is -3.16. The molecule has 3 heterocycles. The molecule has 0 aliphatic rings. The van der Waals surface area contributed by atoms with Crippen LogP contribution in [0.1, 0.15) is 27.8 Å². The molecule has 3 aromatic heterocycles. The highest BCUT2D eigenvalue weighted by Crippen LogP contribution is 2.36. The first-order valence-corrected chi connectivity index (χ1v) is 16.4. The Balaban J connectivity index is 1.55. The smallest absolute Gasteiger partial charge is 0.436 e. The number of nitrogens with one attached hydrogen (secondary N) is 2. The maximum absolute atomic E-state index is 14.8. The molecule has 2 amide bonds. The Hall–Kier alpha value is -5.56. The molecule has 0 fully saturated rings. The molecule has 0 saturated carbocycles. The third kappa shape index (κ3) is 8.00. The lowest BCUT2D eigenvalue weighted by molar-refractivity contribution is -0.141. The van der Waals surface area contributed by atoms with Gasteiger partial charge in [-0.25, -0.2) is 22.2 Å². The molecule has 0 saturated heterocycles. The van der Waals surface area contributed by atoms with Crippen LogP contribution in [0.25, 0.3) is 16.8 Å². The Morgan fingerprint density at radius 3 is 2.40 bits per heavy atom. The number of amides is 2. The summed E-state index contributed by atoms with van der Waals surface area (Å²) in [5.41, 5.74) is -2.02. The summed E-state index contributed by atoms with van der Waals surface area (Å²) in [6.07, 6.45) is -0.693. The van der Waals surface area contributed by atoms with Crippen molar-refractivity contribution in [2.75, 3.05) is 18.7 Å². The first kappa shape index (κ1) is 35.7. The average Bonchev–Trinajstić information content (AvgIpc) is 3.68. The zero-order valence-electron chi connectivity index (χ0n) is 26.1. The molecule has 262 valence electrons. The molecule has 0 aliphatic heterocycles. The molecule has 2 N–H and O–H groups in total. The van der Waals surface area contributed by atoms with Gasteiger partial charge in [-0.05, 0) is 42.5 Å². The van der Waals surface area contributed by atoms with Gasteiger partial charge in [-0.1, -0.05) is 16.8 Å². The third-order valence-electron chi connectivity index (χ3n) is 7.11. The van der Waals surface area contributed by atoms with Crippen LogP contribution < -0.4 is 20.3 Å². The summed E-state index contributed by atoms with van der Waals surface area (Å²) in [5, 5.41) is 13.7. The Morgan fingerprint density at radius 2 is 1.80 bits per heavy atom. The van der Waals surface area contributed by atoms with Crippen LogP contribution in [0.5, 0.6) is 5.75 Å².